The molecule has 0 radical (unpaired) electrons. The lowest BCUT2D eigenvalue weighted by atomic mass is 9.81. The van der Waals surface area contributed by atoms with Crippen LogP contribution >= 0.6 is 11.8 Å². The summed E-state index contributed by atoms with van der Waals surface area (Å²) in [6.45, 7) is 14.3. The summed E-state index contributed by atoms with van der Waals surface area (Å²) in [6, 6.07) is 0. The van der Waals surface area contributed by atoms with Gasteiger partial charge in [0.15, 0.2) is 0 Å². The molecule has 0 aromatic carbocycles. The van der Waals surface area contributed by atoms with Gasteiger partial charge in [0.05, 0.1) is 5.37 Å². The molecule has 130 valence electrons. The van der Waals surface area contributed by atoms with Crippen LogP contribution in [0.5, 0.6) is 0 Å². The van der Waals surface area contributed by atoms with Crippen LogP contribution in [0.2, 0.25) is 0 Å². The molecular weight excluding hydrogens is 290 g/mol. The highest BCUT2D eigenvalue weighted by atomic mass is 32.2. The number of hydrazine groups is 1. The molecule has 3 atom stereocenters. The molecule has 22 heavy (non-hydrogen) atoms. The van der Waals surface area contributed by atoms with Crippen molar-refractivity contribution in [3.8, 4) is 0 Å². The first-order chi connectivity index (χ1) is 10.4. The Morgan fingerprint density at radius 3 is 2.68 bits per heavy atom. The van der Waals surface area contributed by atoms with Crippen LogP contribution in [0.1, 0.15) is 72.6 Å². The fraction of sp³-hybridized carbons (Fsp3) is 1.00. The topological polar surface area (TPSA) is 27.3 Å². The van der Waals surface area contributed by atoms with Gasteiger partial charge in [-0.1, -0.05) is 33.6 Å². The van der Waals surface area contributed by atoms with Crippen molar-refractivity contribution in [3.05, 3.63) is 0 Å². The molecule has 0 aromatic heterocycles. The van der Waals surface area contributed by atoms with E-state index >= 15 is 0 Å². The fourth-order valence-corrected chi connectivity index (χ4v) is 5.67. The number of hydrogen-bond donors (Lipinski definition) is 2. The Kier molecular flexibility index (Phi) is 7.06. The van der Waals surface area contributed by atoms with Gasteiger partial charge in [-0.15, -0.1) is 11.8 Å². The zero-order valence-electron chi connectivity index (χ0n) is 15.2. The molecule has 0 spiro atoms. The van der Waals surface area contributed by atoms with Crippen LogP contribution in [-0.4, -0.2) is 41.3 Å². The van der Waals surface area contributed by atoms with E-state index in [4.69, 9.17) is 0 Å². The van der Waals surface area contributed by atoms with Gasteiger partial charge in [-0.2, -0.15) is 0 Å². The minimum atomic E-state index is 0.497. The van der Waals surface area contributed by atoms with Gasteiger partial charge >= 0.3 is 0 Å². The quantitative estimate of drug-likeness (QED) is 0.691. The average molecular weight is 328 g/mol. The monoisotopic (exact) mass is 327 g/mol. The summed E-state index contributed by atoms with van der Waals surface area (Å²) >= 11 is 2.14. The van der Waals surface area contributed by atoms with E-state index in [1.807, 2.05) is 0 Å². The third-order valence-corrected chi connectivity index (χ3v) is 6.92. The summed E-state index contributed by atoms with van der Waals surface area (Å²) in [6.07, 6.45) is 9.38. The molecule has 2 saturated heterocycles. The summed E-state index contributed by atoms with van der Waals surface area (Å²) in [4.78, 5) is 0. The van der Waals surface area contributed by atoms with Gasteiger partial charge in [0, 0.05) is 24.4 Å². The van der Waals surface area contributed by atoms with Crippen LogP contribution in [0, 0.1) is 5.41 Å². The van der Waals surface area contributed by atoms with Crippen LogP contribution in [0.4, 0.5) is 0 Å². The van der Waals surface area contributed by atoms with Gasteiger partial charge in [-0.05, 0) is 51.0 Å². The third-order valence-electron chi connectivity index (χ3n) is 5.42. The van der Waals surface area contributed by atoms with E-state index in [2.05, 4.69) is 55.2 Å². The molecule has 2 N–H and O–H groups in total. The lowest BCUT2D eigenvalue weighted by Gasteiger charge is -2.41. The van der Waals surface area contributed by atoms with Crippen molar-refractivity contribution in [1.82, 2.24) is 15.8 Å². The molecule has 2 fully saturated rings. The molecular formula is C18H37N3S. The van der Waals surface area contributed by atoms with Crippen LogP contribution < -0.4 is 10.7 Å². The van der Waals surface area contributed by atoms with E-state index < -0.39 is 0 Å². The van der Waals surface area contributed by atoms with Gasteiger partial charge in [0.2, 0.25) is 0 Å². The standard InChI is InChI=1S/C18H37N3S/c1-5-8-17(3)10-13-20-21(15-17)14-7-6-9-18(4)11-12-19-16(2)22-18/h16,19-20H,5-15H2,1-4H3. The number of rotatable bonds is 7. The van der Waals surface area contributed by atoms with Crippen LogP contribution in [0.25, 0.3) is 0 Å². The SMILES string of the molecule is CCCC1(C)CCNN(CCCCC2(C)CCNC(C)S2)C1. The van der Waals surface area contributed by atoms with Crippen LogP contribution in [0.15, 0.2) is 0 Å². The lowest BCUT2D eigenvalue weighted by Crippen LogP contribution is -2.51. The Bertz CT molecular complexity index is 334. The normalized spacial score (nSPS) is 37.4. The zero-order valence-corrected chi connectivity index (χ0v) is 16.0. The van der Waals surface area contributed by atoms with Crippen molar-refractivity contribution in [2.45, 2.75) is 82.8 Å². The molecule has 2 heterocycles. The highest BCUT2D eigenvalue weighted by Gasteiger charge is 2.31. The zero-order chi connectivity index (χ0) is 16.1. The summed E-state index contributed by atoms with van der Waals surface area (Å²) in [5.41, 5.74) is 4.14. The summed E-state index contributed by atoms with van der Waals surface area (Å²) in [5, 5.41) is 6.67. The highest BCUT2D eigenvalue weighted by molar-refractivity contribution is 8.01. The molecule has 2 aliphatic rings. The lowest BCUT2D eigenvalue weighted by molar-refractivity contribution is 0.0487. The molecule has 4 heteroatoms. The molecule has 2 aliphatic heterocycles. The van der Waals surface area contributed by atoms with Gasteiger partial charge in [-0.25, -0.2) is 5.01 Å². The van der Waals surface area contributed by atoms with E-state index in [0.717, 1.165) is 6.54 Å². The van der Waals surface area contributed by atoms with E-state index in [9.17, 15) is 0 Å². The fourth-order valence-electron chi connectivity index (χ4n) is 4.13. The predicted molar refractivity (Wildman–Crippen MR) is 99.1 cm³/mol. The van der Waals surface area contributed by atoms with Gasteiger partial charge in [0.25, 0.3) is 0 Å². The van der Waals surface area contributed by atoms with Crippen LogP contribution in [-0.2, 0) is 0 Å². The van der Waals surface area contributed by atoms with Crippen molar-refractivity contribution < 1.29 is 0 Å². The number of thioether (sulfide) groups is 1. The molecule has 0 aliphatic carbocycles. The highest BCUT2D eigenvalue weighted by Crippen LogP contribution is 2.38. The van der Waals surface area contributed by atoms with Crippen molar-refractivity contribution in [2.75, 3.05) is 26.2 Å². The Morgan fingerprint density at radius 2 is 1.95 bits per heavy atom. The molecule has 3 unspecified atom stereocenters. The second-order valence-electron chi connectivity index (χ2n) is 8.01. The van der Waals surface area contributed by atoms with Gasteiger partial charge in [0.1, 0.15) is 0 Å². The van der Waals surface area contributed by atoms with E-state index in [1.165, 1.54) is 64.6 Å². The van der Waals surface area contributed by atoms with E-state index in [-0.39, 0.29) is 0 Å². The molecule has 2 rings (SSSR count). The molecule has 0 amide bonds. The maximum atomic E-state index is 3.61. The summed E-state index contributed by atoms with van der Waals surface area (Å²) in [7, 11) is 0. The number of hydrogen-bond acceptors (Lipinski definition) is 4. The second-order valence-corrected chi connectivity index (χ2v) is 9.94. The number of unbranched alkanes of at least 4 members (excludes halogenated alkanes) is 1. The van der Waals surface area contributed by atoms with Crippen molar-refractivity contribution >= 4 is 11.8 Å². The number of nitrogens with zero attached hydrogens (tertiary/aromatic N) is 1. The first-order valence-corrected chi connectivity index (χ1v) is 10.2. The average Bonchev–Trinajstić information content (AvgIpc) is 2.43. The minimum absolute atomic E-state index is 0.497. The largest absolute Gasteiger partial charge is 0.306 e. The van der Waals surface area contributed by atoms with Crippen molar-refractivity contribution in [1.29, 1.82) is 0 Å². The minimum Gasteiger partial charge on any atom is -0.306 e. The molecule has 0 saturated carbocycles. The van der Waals surface area contributed by atoms with Gasteiger partial charge < -0.3 is 5.32 Å². The molecule has 3 nitrogen and oxygen atoms in total. The summed E-state index contributed by atoms with van der Waals surface area (Å²) in [5.74, 6) is 0. The first kappa shape index (κ1) is 18.6. The van der Waals surface area contributed by atoms with Crippen LogP contribution in [0.3, 0.4) is 0 Å². The Labute approximate surface area is 142 Å². The Hall–Kier alpha value is 0.230. The maximum absolute atomic E-state index is 3.61. The first-order valence-electron chi connectivity index (χ1n) is 9.34. The predicted octanol–water partition coefficient (Wildman–Crippen LogP) is 4.00. The van der Waals surface area contributed by atoms with Crippen molar-refractivity contribution in [3.63, 3.8) is 0 Å². The maximum Gasteiger partial charge on any atom is 0.0509 e. The number of nitrogens with one attached hydrogen (secondary N) is 2. The smallest absolute Gasteiger partial charge is 0.0509 e. The van der Waals surface area contributed by atoms with Gasteiger partial charge in [-0.3, -0.25) is 5.43 Å². The second kappa shape index (κ2) is 8.36. The Morgan fingerprint density at radius 1 is 1.14 bits per heavy atom. The molecule has 0 bridgehead atoms. The Balaban J connectivity index is 1.66. The summed E-state index contributed by atoms with van der Waals surface area (Å²) < 4.78 is 0.497. The third kappa shape index (κ3) is 5.70. The van der Waals surface area contributed by atoms with Crippen molar-refractivity contribution in [2.24, 2.45) is 5.41 Å². The van der Waals surface area contributed by atoms with E-state index in [0.29, 0.717) is 15.5 Å². The molecule has 0 aromatic rings. The van der Waals surface area contributed by atoms with E-state index in [1.54, 1.807) is 0 Å².